The summed E-state index contributed by atoms with van der Waals surface area (Å²) in [5.74, 6) is -0.265. The van der Waals surface area contributed by atoms with Crippen molar-refractivity contribution in [3.8, 4) is 17.0 Å². The number of carbonyl (C=O) groups is 1. The Balaban J connectivity index is 1.74. The molecule has 0 saturated carbocycles. The van der Waals surface area contributed by atoms with Crippen LogP contribution < -0.4 is 15.4 Å². The van der Waals surface area contributed by atoms with Crippen molar-refractivity contribution in [3.63, 3.8) is 0 Å². The zero-order valence-corrected chi connectivity index (χ0v) is 17.6. The van der Waals surface area contributed by atoms with Crippen LogP contribution in [-0.4, -0.2) is 28.3 Å². The Morgan fingerprint density at radius 1 is 1.28 bits per heavy atom. The van der Waals surface area contributed by atoms with Crippen LogP contribution in [0.15, 0.2) is 53.9 Å². The molecule has 0 aliphatic rings. The number of hydrogen-bond donors (Lipinski definition) is 3. The zero-order chi connectivity index (χ0) is 20.8. The first kappa shape index (κ1) is 20.8. The molecule has 29 heavy (non-hydrogen) atoms. The van der Waals surface area contributed by atoms with Gasteiger partial charge in [0, 0.05) is 16.6 Å². The van der Waals surface area contributed by atoms with Gasteiger partial charge in [0.15, 0.2) is 5.11 Å². The molecule has 8 heteroatoms. The quantitative estimate of drug-likeness (QED) is 0.474. The summed E-state index contributed by atoms with van der Waals surface area (Å²) < 4.78 is 5.24. The molecule has 1 aromatic heterocycles. The first-order valence-electron chi connectivity index (χ1n) is 8.90. The van der Waals surface area contributed by atoms with Gasteiger partial charge in [0.1, 0.15) is 5.75 Å². The van der Waals surface area contributed by atoms with Crippen LogP contribution in [0.1, 0.15) is 23.0 Å². The number of carboxylic acid groups (broad SMARTS) is 1. The SMILES string of the molecule is COc1cccc([C@@H](CC(=O)O)NC(=S)Nc2cccc(-c3csc(C)n3)c2)c1. The van der Waals surface area contributed by atoms with Gasteiger partial charge in [-0.15, -0.1) is 11.3 Å². The second kappa shape index (κ2) is 9.49. The van der Waals surface area contributed by atoms with Crippen molar-refractivity contribution in [2.24, 2.45) is 0 Å². The fourth-order valence-electron chi connectivity index (χ4n) is 2.86. The van der Waals surface area contributed by atoms with Gasteiger partial charge in [-0.2, -0.15) is 0 Å². The molecule has 150 valence electrons. The molecular weight excluding hydrogens is 406 g/mol. The summed E-state index contributed by atoms with van der Waals surface area (Å²) in [6.07, 6.45) is -0.118. The summed E-state index contributed by atoms with van der Waals surface area (Å²) in [5, 5.41) is 18.9. The molecule has 0 aliphatic carbocycles. The third-order valence-electron chi connectivity index (χ3n) is 4.22. The molecular formula is C21H21N3O3S2. The number of aliphatic carboxylic acids is 1. The molecule has 0 fully saturated rings. The topological polar surface area (TPSA) is 83.5 Å². The second-order valence-electron chi connectivity index (χ2n) is 6.36. The van der Waals surface area contributed by atoms with Crippen LogP contribution in [0.3, 0.4) is 0 Å². The van der Waals surface area contributed by atoms with E-state index in [1.54, 1.807) is 24.5 Å². The minimum Gasteiger partial charge on any atom is -0.497 e. The van der Waals surface area contributed by atoms with Crippen LogP contribution in [0.4, 0.5) is 5.69 Å². The molecule has 0 amide bonds. The minimum absolute atomic E-state index is 0.118. The van der Waals surface area contributed by atoms with Gasteiger partial charge in [0.05, 0.1) is 30.3 Å². The molecule has 0 aliphatic heterocycles. The molecule has 3 N–H and O–H groups in total. The normalized spacial score (nSPS) is 11.5. The van der Waals surface area contributed by atoms with Gasteiger partial charge in [-0.1, -0.05) is 24.3 Å². The number of aryl methyl sites for hydroxylation is 1. The molecule has 3 aromatic rings. The summed E-state index contributed by atoms with van der Waals surface area (Å²) in [5.41, 5.74) is 3.47. The predicted molar refractivity (Wildman–Crippen MR) is 120 cm³/mol. The van der Waals surface area contributed by atoms with E-state index < -0.39 is 12.0 Å². The zero-order valence-electron chi connectivity index (χ0n) is 16.0. The lowest BCUT2D eigenvalue weighted by molar-refractivity contribution is -0.137. The highest BCUT2D eigenvalue weighted by atomic mass is 32.1. The number of nitrogens with zero attached hydrogens (tertiary/aromatic N) is 1. The Morgan fingerprint density at radius 3 is 2.76 bits per heavy atom. The molecule has 0 radical (unpaired) electrons. The maximum absolute atomic E-state index is 11.3. The van der Waals surface area contributed by atoms with Crippen molar-refractivity contribution < 1.29 is 14.6 Å². The third-order valence-corrected chi connectivity index (χ3v) is 5.21. The number of hydrogen-bond acceptors (Lipinski definition) is 5. The standard InChI is InChI=1S/C21H21N3O3S2/c1-13-22-19(12-29-13)14-5-3-7-16(9-14)23-21(28)24-18(11-20(25)26)15-6-4-8-17(10-15)27-2/h3-10,12,18H,11H2,1-2H3,(H,25,26)(H2,23,24,28)/t18-/m1/s1. The number of rotatable bonds is 7. The Bertz CT molecular complexity index is 1020. The molecule has 2 aromatic carbocycles. The van der Waals surface area contributed by atoms with Gasteiger partial charge < -0.3 is 20.5 Å². The molecule has 0 bridgehead atoms. The summed E-state index contributed by atoms with van der Waals surface area (Å²) in [4.78, 5) is 15.8. The summed E-state index contributed by atoms with van der Waals surface area (Å²) in [6, 6.07) is 14.5. The highest BCUT2D eigenvalue weighted by molar-refractivity contribution is 7.80. The first-order chi connectivity index (χ1) is 13.9. The number of thiocarbonyl (C=S) groups is 1. The highest BCUT2D eigenvalue weighted by Gasteiger charge is 2.17. The van der Waals surface area contributed by atoms with E-state index in [0.717, 1.165) is 27.5 Å². The molecule has 3 rings (SSSR count). The summed E-state index contributed by atoms with van der Waals surface area (Å²) in [6.45, 7) is 1.97. The lowest BCUT2D eigenvalue weighted by Gasteiger charge is -2.20. The molecule has 0 saturated heterocycles. The number of ether oxygens (including phenoxy) is 1. The Hall–Kier alpha value is -2.97. The maximum Gasteiger partial charge on any atom is 0.305 e. The van der Waals surface area contributed by atoms with E-state index in [9.17, 15) is 9.90 Å². The Labute approximate surface area is 178 Å². The van der Waals surface area contributed by atoms with Crippen molar-refractivity contribution in [3.05, 3.63) is 64.5 Å². The number of benzene rings is 2. The van der Waals surface area contributed by atoms with E-state index >= 15 is 0 Å². The van der Waals surface area contributed by atoms with Crippen molar-refractivity contribution in [1.29, 1.82) is 0 Å². The van der Waals surface area contributed by atoms with Crippen LogP contribution in [0.2, 0.25) is 0 Å². The van der Waals surface area contributed by atoms with Crippen molar-refractivity contribution in [2.45, 2.75) is 19.4 Å². The van der Waals surface area contributed by atoms with Crippen LogP contribution in [-0.2, 0) is 4.79 Å². The summed E-state index contributed by atoms with van der Waals surface area (Å²) >= 11 is 7.03. The average Bonchev–Trinajstić information content (AvgIpc) is 3.14. The maximum atomic E-state index is 11.3. The van der Waals surface area contributed by atoms with Crippen molar-refractivity contribution >= 4 is 40.3 Å². The molecule has 0 spiro atoms. The number of thiazole rings is 1. The molecule has 6 nitrogen and oxygen atoms in total. The molecule has 1 heterocycles. The number of nitrogens with one attached hydrogen (secondary N) is 2. The number of carboxylic acids is 1. The van der Waals surface area contributed by atoms with Crippen LogP contribution >= 0.6 is 23.6 Å². The van der Waals surface area contributed by atoms with Crippen molar-refractivity contribution in [1.82, 2.24) is 10.3 Å². The summed E-state index contributed by atoms with van der Waals surface area (Å²) in [7, 11) is 1.57. The fraction of sp³-hybridized carbons (Fsp3) is 0.190. The van der Waals surface area contributed by atoms with Crippen molar-refractivity contribution in [2.75, 3.05) is 12.4 Å². The smallest absolute Gasteiger partial charge is 0.305 e. The highest BCUT2D eigenvalue weighted by Crippen LogP contribution is 2.25. The van der Waals surface area contributed by atoms with Crippen LogP contribution in [0, 0.1) is 6.92 Å². The van der Waals surface area contributed by atoms with E-state index in [-0.39, 0.29) is 6.42 Å². The van der Waals surface area contributed by atoms with E-state index in [4.69, 9.17) is 17.0 Å². The first-order valence-corrected chi connectivity index (χ1v) is 10.2. The second-order valence-corrected chi connectivity index (χ2v) is 7.83. The van der Waals surface area contributed by atoms with Gasteiger partial charge >= 0.3 is 5.97 Å². The van der Waals surface area contributed by atoms with Gasteiger partial charge in [-0.25, -0.2) is 4.98 Å². The molecule has 0 unspecified atom stereocenters. The molecule has 1 atom stereocenters. The van der Waals surface area contributed by atoms with E-state index in [0.29, 0.717) is 10.9 Å². The monoisotopic (exact) mass is 427 g/mol. The fourth-order valence-corrected chi connectivity index (χ4v) is 3.74. The third kappa shape index (κ3) is 5.75. The van der Waals surface area contributed by atoms with Gasteiger partial charge in [0.2, 0.25) is 0 Å². The number of anilines is 1. The van der Waals surface area contributed by atoms with Gasteiger partial charge in [-0.3, -0.25) is 4.79 Å². The average molecular weight is 428 g/mol. The Morgan fingerprint density at radius 2 is 2.07 bits per heavy atom. The lowest BCUT2D eigenvalue weighted by atomic mass is 10.0. The Kier molecular flexibility index (Phi) is 6.79. The van der Waals surface area contributed by atoms with E-state index in [1.807, 2.05) is 54.8 Å². The number of aromatic nitrogens is 1. The van der Waals surface area contributed by atoms with Gasteiger partial charge in [0.25, 0.3) is 0 Å². The largest absolute Gasteiger partial charge is 0.497 e. The predicted octanol–water partition coefficient (Wildman–Crippen LogP) is 4.63. The van der Waals surface area contributed by atoms with E-state index in [2.05, 4.69) is 15.6 Å². The minimum atomic E-state index is -0.922. The number of methoxy groups -OCH3 is 1. The van der Waals surface area contributed by atoms with Crippen LogP contribution in [0.25, 0.3) is 11.3 Å². The lowest BCUT2D eigenvalue weighted by Crippen LogP contribution is -2.33. The van der Waals surface area contributed by atoms with E-state index in [1.165, 1.54) is 0 Å². The van der Waals surface area contributed by atoms with Crippen LogP contribution in [0.5, 0.6) is 5.75 Å². The van der Waals surface area contributed by atoms with Gasteiger partial charge in [-0.05, 0) is 49.0 Å².